The zero-order chi connectivity index (χ0) is 29.3. The Balaban J connectivity index is 1.13. The monoisotopic (exact) mass is 564 g/mol. The van der Waals surface area contributed by atoms with Crippen LogP contribution in [0.15, 0.2) is 103 Å². The van der Waals surface area contributed by atoms with E-state index in [4.69, 9.17) is 9.47 Å². The van der Waals surface area contributed by atoms with Crippen molar-refractivity contribution in [3.8, 4) is 17.2 Å². The Hall–Kier alpha value is -5.11. The third-order valence-electron chi connectivity index (χ3n) is 7.12. The molecule has 0 unspecified atom stereocenters. The van der Waals surface area contributed by atoms with Crippen LogP contribution in [0, 0.1) is 0 Å². The van der Waals surface area contributed by atoms with E-state index in [-0.39, 0.29) is 41.6 Å². The van der Waals surface area contributed by atoms with E-state index in [0.717, 1.165) is 31.2 Å². The van der Waals surface area contributed by atoms with Crippen LogP contribution in [-0.2, 0) is 11.2 Å². The summed E-state index contributed by atoms with van der Waals surface area (Å²) in [7, 11) is 0. The molecule has 5 rings (SSSR count). The highest BCUT2D eigenvalue weighted by molar-refractivity contribution is 6.01. The van der Waals surface area contributed by atoms with Crippen LogP contribution < -0.4 is 20.1 Å². The Morgan fingerprint density at radius 1 is 0.738 bits per heavy atom. The van der Waals surface area contributed by atoms with Crippen LogP contribution in [0.5, 0.6) is 17.2 Å². The lowest BCUT2D eigenvalue weighted by molar-refractivity contribution is -0.115. The van der Waals surface area contributed by atoms with Crippen molar-refractivity contribution < 1.29 is 29.0 Å². The molecule has 1 fully saturated rings. The summed E-state index contributed by atoms with van der Waals surface area (Å²) >= 11 is 0. The summed E-state index contributed by atoms with van der Waals surface area (Å²) in [4.78, 5) is 36.5. The number of nitrogens with one attached hydrogen (secondary N) is 2. The Labute approximate surface area is 244 Å². The predicted molar refractivity (Wildman–Crippen MR) is 159 cm³/mol. The van der Waals surface area contributed by atoms with Gasteiger partial charge in [0.25, 0.3) is 5.91 Å². The van der Waals surface area contributed by atoms with Crippen molar-refractivity contribution in [1.29, 1.82) is 0 Å². The molecule has 1 aliphatic rings. The number of aromatic carboxylic acids is 1. The van der Waals surface area contributed by atoms with Crippen LogP contribution in [0.2, 0.25) is 0 Å². The van der Waals surface area contributed by atoms with Gasteiger partial charge in [-0.3, -0.25) is 9.59 Å². The van der Waals surface area contributed by atoms with Gasteiger partial charge in [-0.15, -0.1) is 0 Å². The van der Waals surface area contributed by atoms with Gasteiger partial charge < -0.3 is 25.2 Å². The molecule has 8 heteroatoms. The maximum Gasteiger partial charge on any atom is 0.337 e. The first kappa shape index (κ1) is 28.4. The quantitative estimate of drug-likeness (QED) is 0.203. The molecular weight excluding hydrogens is 532 g/mol. The van der Waals surface area contributed by atoms with E-state index in [1.807, 2.05) is 42.5 Å². The minimum Gasteiger partial charge on any atom is -0.488 e. The number of carboxylic acid groups (broad SMARTS) is 1. The largest absolute Gasteiger partial charge is 0.488 e. The predicted octanol–water partition coefficient (Wildman–Crippen LogP) is 6.48. The first-order chi connectivity index (χ1) is 20.4. The average molecular weight is 565 g/mol. The summed E-state index contributed by atoms with van der Waals surface area (Å²) in [5.41, 5.74) is 1.71. The zero-order valence-electron chi connectivity index (χ0n) is 23.0. The third kappa shape index (κ3) is 7.54. The fourth-order valence-corrected chi connectivity index (χ4v) is 4.98. The van der Waals surface area contributed by atoms with Gasteiger partial charge in [0.2, 0.25) is 5.91 Å². The lowest BCUT2D eigenvalue weighted by Gasteiger charge is -2.32. The van der Waals surface area contributed by atoms with Gasteiger partial charge in [0, 0.05) is 5.56 Å². The van der Waals surface area contributed by atoms with Gasteiger partial charge in [0.05, 0.1) is 23.7 Å². The maximum absolute atomic E-state index is 12.7. The van der Waals surface area contributed by atoms with Crippen molar-refractivity contribution in [2.24, 2.45) is 0 Å². The summed E-state index contributed by atoms with van der Waals surface area (Å²) in [6, 6.07) is 30.0. The summed E-state index contributed by atoms with van der Waals surface area (Å²) < 4.78 is 12.3. The molecular formula is C34H32N2O6. The Kier molecular flexibility index (Phi) is 9.13. The second-order valence-electron chi connectivity index (χ2n) is 10.2. The second kappa shape index (κ2) is 13.5. The molecule has 2 amide bonds. The smallest absolute Gasteiger partial charge is 0.337 e. The van der Waals surface area contributed by atoms with Crippen molar-refractivity contribution in [1.82, 2.24) is 5.32 Å². The van der Waals surface area contributed by atoms with Gasteiger partial charge >= 0.3 is 5.97 Å². The SMILES string of the molecule is O=C(Cc1ccc(Oc2ccc(O[C@H]3CCCC[C@@H]3NC(=O)c3ccccc3)cc2)cc1)Nc1ccccc1C(=O)O. The topological polar surface area (TPSA) is 114 Å². The molecule has 0 bridgehead atoms. The zero-order valence-corrected chi connectivity index (χ0v) is 23.0. The summed E-state index contributed by atoms with van der Waals surface area (Å²) in [5, 5.41) is 15.1. The first-order valence-corrected chi connectivity index (χ1v) is 14.0. The van der Waals surface area contributed by atoms with E-state index in [2.05, 4.69) is 10.6 Å². The van der Waals surface area contributed by atoms with Crippen molar-refractivity contribution in [2.75, 3.05) is 5.32 Å². The molecule has 4 aromatic carbocycles. The lowest BCUT2D eigenvalue weighted by Crippen LogP contribution is -2.47. The minimum atomic E-state index is -1.10. The minimum absolute atomic E-state index is 0.0411. The van der Waals surface area contributed by atoms with Crippen LogP contribution in [0.1, 0.15) is 52.0 Å². The van der Waals surface area contributed by atoms with Gasteiger partial charge in [0.1, 0.15) is 23.4 Å². The number of carboxylic acids is 1. The number of rotatable bonds is 10. The fourth-order valence-electron chi connectivity index (χ4n) is 4.98. The molecule has 0 spiro atoms. The molecule has 0 saturated heterocycles. The van der Waals surface area contributed by atoms with Gasteiger partial charge in [-0.25, -0.2) is 4.79 Å². The van der Waals surface area contributed by atoms with Crippen LogP contribution in [-0.4, -0.2) is 35.0 Å². The standard InChI is InChI=1S/C34H32N2O6/c37-32(35-29-11-5-4-10-28(29)34(39)40)22-23-14-16-25(17-15-23)41-26-18-20-27(21-19-26)42-31-13-7-6-12-30(31)36-33(38)24-8-2-1-3-9-24/h1-5,8-11,14-21,30-31H,6-7,12-13,22H2,(H,35,37)(H,36,38)(H,39,40)/t30-,31-/m0/s1. The number of carbonyl (C=O) groups excluding carboxylic acids is 2. The molecule has 214 valence electrons. The third-order valence-corrected chi connectivity index (χ3v) is 7.12. The molecule has 4 aromatic rings. The van der Waals surface area contributed by atoms with Crippen molar-refractivity contribution in [3.63, 3.8) is 0 Å². The molecule has 1 saturated carbocycles. The van der Waals surface area contributed by atoms with Crippen LogP contribution in [0.3, 0.4) is 0 Å². The van der Waals surface area contributed by atoms with Crippen LogP contribution in [0.25, 0.3) is 0 Å². The van der Waals surface area contributed by atoms with E-state index in [1.165, 1.54) is 6.07 Å². The highest BCUT2D eigenvalue weighted by Crippen LogP contribution is 2.28. The number of carbonyl (C=O) groups is 3. The number of hydrogen-bond acceptors (Lipinski definition) is 5. The van der Waals surface area contributed by atoms with E-state index in [0.29, 0.717) is 22.8 Å². The van der Waals surface area contributed by atoms with Crippen molar-refractivity contribution in [3.05, 3.63) is 120 Å². The average Bonchev–Trinajstić information content (AvgIpc) is 3.00. The summed E-state index contributed by atoms with van der Waals surface area (Å²) in [6.07, 6.45) is 3.83. The fraction of sp³-hybridized carbons (Fsp3) is 0.206. The number of anilines is 1. The number of amides is 2. The highest BCUT2D eigenvalue weighted by atomic mass is 16.5. The number of para-hydroxylation sites is 1. The number of ether oxygens (including phenoxy) is 2. The molecule has 0 heterocycles. The van der Waals surface area contributed by atoms with E-state index < -0.39 is 5.97 Å². The van der Waals surface area contributed by atoms with Crippen LogP contribution in [0.4, 0.5) is 5.69 Å². The van der Waals surface area contributed by atoms with Gasteiger partial charge in [-0.05, 0) is 85.5 Å². The Morgan fingerprint density at radius 3 is 2.07 bits per heavy atom. The van der Waals surface area contributed by atoms with Crippen molar-refractivity contribution in [2.45, 2.75) is 44.2 Å². The van der Waals surface area contributed by atoms with Gasteiger partial charge in [-0.2, -0.15) is 0 Å². The second-order valence-corrected chi connectivity index (χ2v) is 10.2. The van der Waals surface area contributed by atoms with Crippen LogP contribution >= 0.6 is 0 Å². The molecule has 2 atom stereocenters. The molecule has 0 aliphatic heterocycles. The number of benzene rings is 4. The normalized spacial score (nSPS) is 16.2. The number of hydrogen-bond donors (Lipinski definition) is 3. The Morgan fingerprint density at radius 2 is 1.36 bits per heavy atom. The van der Waals surface area contributed by atoms with E-state index in [9.17, 15) is 19.5 Å². The highest BCUT2D eigenvalue weighted by Gasteiger charge is 2.28. The first-order valence-electron chi connectivity index (χ1n) is 14.0. The molecule has 42 heavy (non-hydrogen) atoms. The lowest BCUT2D eigenvalue weighted by atomic mass is 9.92. The Bertz CT molecular complexity index is 1520. The molecule has 0 aromatic heterocycles. The van der Waals surface area contributed by atoms with Gasteiger partial charge in [0.15, 0.2) is 0 Å². The summed E-state index contributed by atoms with van der Waals surface area (Å²) in [5.74, 6) is 0.454. The summed E-state index contributed by atoms with van der Waals surface area (Å²) in [6.45, 7) is 0. The maximum atomic E-state index is 12.7. The van der Waals surface area contributed by atoms with E-state index >= 15 is 0 Å². The van der Waals surface area contributed by atoms with Crippen molar-refractivity contribution >= 4 is 23.5 Å². The molecule has 8 nitrogen and oxygen atoms in total. The molecule has 0 radical (unpaired) electrons. The van der Waals surface area contributed by atoms with E-state index in [1.54, 1.807) is 54.6 Å². The van der Waals surface area contributed by atoms with Gasteiger partial charge in [-0.1, -0.05) is 48.9 Å². The molecule has 1 aliphatic carbocycles. The molecule has 3 N–H and O–H groups in total.